The Morgan fingerprint density at radius 3 is 1.23 bits per heavy atom. The third-order valence-electron chi connectivity index (χ3n) is 8.76. The average molecular weight is 789 g/mol. The molecule has 6 heteroatoms. The van der Waals surface area contributed by atoms with Crippen molar-refractivity contribution in [2.75, 3.05) is 13.2 Å². The number of ether oxygens (including phenoxy) is 3. The molecule has 0 aliphatic carbocycles. The van der Waals surface area contributed by atoms with Gasteiger partial charge in [-0.1, -0.05) is 162 Å². The number of carbonyl (C=O) groups excluding carboxylic acids is 3. The highest BCUT2D eigenvalue weighted by molar-refractivity contribution is 5.71. The minimum absolute atomic E-state index is 0.124. The van der Waals surface area contributed by atoms with Gasteiger partial charge in [0.15, 0.2) is 6.10 Å². The van der Waals surface area contributed by atoms with E-state index in [1.165, 1.54) is 25.7 Å². The van der Waals surface area contributed by atoms with Crippen LogP contribution in [0.2, 0.25) is 0 Å². The van der Waals surface area contributed by atoms with Crippen LogP contribution in [0, 0.1) is 0 Å². The summed E-state index contributed by atoms with van der Waals surface area (Å²) in [6, 6.07) is 0. The van der Waals surface area contributed by atoms with Crippen molar-refractivity contribution in [2.45, 2.75) is 181 Å². The highest BCUT2D eigenvalue weighted by Gasteiger charge is 2.19. The Kier molecular flexibility index (Phi) is 41.7. The molecule has 0 spiro atoms. The summed E-state index contributed by atoms with van der Waals surface area (Å²) in [6.07, 6.45) is 59.4. The first kappa shape index (κ1) is 53.1. The normalized spacial score (nSPS) is 13.1. The number of rotatable bonds is 38. The van der Waals surface area contributed by atoms with Crippen molar-refractivity contribution in [1.82, 2.24) is 0 Å². The molecule has 0 radical (unpaired) electrons. The topological polar surface area (TPSA) is 78.9 Å². The molecule has 0 saturated heterocycles. The quantitative estimate of drug-likeness (QED) is 0.0268. The van der Waals surface area contributed by atoms with Gasteiger partial charge in [-0.25, -0.2) is 0 Å². The van der Waals surface area contributed by atoms with Gasteiger partial charge in [0.1, 0.15) is 13.2 Å². The Morgan fingerprint density at radius 2 is 0.719 bits per heavy atom. The zero-order valence-electron chi connectivity index (χ0n) is 36.3. The molecule has 0 aromatic carbocycles. The lowest BCUT2D eigenvalue weighted by molar-refractivity contribution is -0.166. The van der Waals surface area contributed by atoms with Gasteiger partial charge in [0, 0.05) is 19.3 Å². The lowest BCUT2D eigenvalue weighted by Crippen LogP contribution is -2.30. The first-order valence-electron chi connectivity index (χ1n) is 22.4. The fourth-order valence-electron chi connectivity index (χ4n) is 5.42. The number of esters is 3. The molecule has 0 aromatic rings. The number of allylic oxidation sites excluding steroid dienone is 18. The molecule has 0 aliphatic rings. The minimum Gasteiger partial charge on any atom is -0.462 e. The van der Waals surface area contributed by atoms with E-state index < -0.39 is 6.10 Å². The van der Waals surface area contributed by atoms with Crippen LogP contribution in [0.15, 0.2) is 109 Å². The van der Waals surface area contributed by atoms with Gasteiger partial charge < -0.3 is 14.2 Å². The van der Waals surface area contributed by atoms with Crippen LogP contribution in [0.5, 0.6) is 0 Å². The predicted molar refractivity (Wildman–Crippen MR) is 242 cm³/mol. The van der Waals surface area contributed by atoms with Crippen LogP contribution in [-0.4, -0.2) is 37.2 Å². The Balaban J connectivity index is 4.58. The van der Waals surface area contributed by atoms with Gasteiger partial charge in [-0.15, -0.1) is 0 Å². The van der Waals surface area contributed by atoms with Crippen molar-refractivity contribution in [2.24, 2.45) is 0 Å². The second-order valence-corrected chi connectivity index (χ2v) is 14.2. The van der Waals surface area contributed by atoms with Crippen LogP contribution < -0.4 is 0 Å². The zero-order chi connectivity index (χ0) is 41.5. The minimum atomic E-state index is -0.830. The number of hydrogen-bond donors (Lipinski definition) is 0. The van der Waals surface area contributed by atoms with Crippen LogP contribution >= 0.6 is 0 Å². The van der Waals surface area contributed by atoms with E-state index in [1.54, 1.807) is 0 Å². The molecule has 6 nitrogen and oxygen atoms in total. The van der Waals surface area contributed by atoms with E-state index in [0.29, 0.717) is 19.3 Å². The van der Waals surface area contributed by atoms with Crippen LogP contribution in [0.25, 0.3) is 0 Å². The summed E-state index contributed by atoms with van der Waals surface area (Å²) in [6.45, 7) is 6.22. The molecule has 0 rings (SSSR count). The molecular weight excluding hydrogens is 709 g/mol. The fourth-order valence-corrected chi connectivity index (χ4v) is 5.42. The highest BCUT2D eigenvalue weighted by Crippen LogP contribution is 2.11. The summed E-state index contributed by atoms with van der Waals surface area (Å²) in [5.41, 5.74) is 0. The van der Waals surface area contributed by atoms with Gasteiger partial charge in [0.25, 0.3) is 0 Å². The smallest absolute Gasteiger partial charge is 0.306 e. The Labute approximate surface area is 349 Å². The Bertz CT molecular complexity index is 1230. The highest BCUT2D eigenvalue weighted by atomic mass is 16.6. The van der Waals surface area contributed by atoms with Gasteiger partial charge in [-0.05, 0) is 103 Å². The van der Waals surface area contributed by atoms with Crippen LogP contribution in [0.4, 0.5) is 0 Å². The van der Waals surface area contributed by atoms with Crippen molar-refractivity contribution in [3.8, 4) is 0 Å². The van der Waals surface area contributed by atoms with Gasteiger partial charge in [-0.3, -0.25) is 14.4 Å². The van der Waals surface area contributed by atoms with E-state index in [2.05, 4.69) is 118 Å². The SMILES string of the molecule is CC/C=C\C/C=C\C/C=C\C/C=C\C/C=C\CCC(=O)OCC(COC(=O)CCCCCCC/C=C\CCCC)OC(=O)CCCC/C=C\C/C=C\C/C=C\CC. The fraction of sp³-hybridized carbons (Fsp3) is 0.588. The summed E-state index contributed by atoms with van der Waals surface area (Å²) in [4.78, 5) is 37.7. The Morgan fingerprint density at radius 1 is 0.368 bits per heavy atom. The third-order valence-corrected chi connectivity index (χ3v) is 8.76. The maximum atomic E-state index is 12.7. The third kappa shape index (κ3) is 43.0. The average Bonchev–Trinajstić information content (AvgIpc) is 3.21. The molecule has 1 unspecified atom stereocenters. The summed E-state index contributed by atoms with van der Waals surface area (Å²) in [5.74, 6) is -1.07. The van der Waals surface area contributed by atoms with E-state index >= 15 is 0 Å². The van der Waals surface area contributed by atoms with Gasteiger partial charge in [0.05, 0.1) is 0 Å². The summed E-state index contributed by atoms with van der Waals surface area (Å²) in [5, 5.41) is 0. The summed E-state index contributed by atoms with van der Waals surface area (Å²) >= 11 is 0. The molecule has 0 N–H and O–H groups in total. The van der Waals surface area contributed by atoms with Crippen molar-refractivity contribution in [3.05, 3.63) is 109 Å². The van der Waals surface area contributed by atoms with Gasteiger partial charge >= 0.3 is 17.9 Å². The molecule has 320 valence electrons. The molecule has 0 aliphatic heterocycles. The molecule has 57 heavy (non-hydrogen) atoms. The molecule has 1 atom stereocenters. The second-order valence-electron chi connectivity index (χ2n) is 14.2. The van der Waals surface area contributed by atoms with E-state index in [9.17, 15) is 14.4 Å². The van der Waals surface area contributed by atoms with E-state index in [4.69, 9.17) is 14.2 Å². The van der Waals surface area contributed by atoms with Crippen molar-refractivity contribution in [3.63, 3.8) is 0 Å². The van der Waals surface area contributed by atoms with Crippen molar-refractivity contribution >= 4 is 17.9 Å². The number of hydrogen-bond acceptors (Lipinski definition) is 6. The van der Waals surface area contributed by atoms with E-state index in [-0.39, 0.29) is 44.0 Å². The number of carbonyl (C=O) groups is 3. The Hall–Kier alpha value is -3.93. The summed E-state index contributed by atoms with van der Waals surface area (Å²) in [7, 11) is 0. The molecule has 0 saturated carbocycles. The maximum Gasteiger partial charge on any atom is 0.306 e. The zero-order valence-corrected chi connectivity index (χ0v) is 36.3. The second kappa shape index (κ2) is 44.8. The van der Waals surface area contributed by atoms with Crippen LogP contribution in [0.3, 0.4) is 0 Å². The molecule has 0 heterocycles. The number of unbranched alkanes of at least 4 members (excludes halogenated alkanes) is 9. The molecule has 0 fully saturated rings. The molecule has 0 bridgehead atoms. The summed E-state index contributed by atoms with van der Waals surface area (Å²) < 4.78 is 16.6. The van der Waals surface area contributed by atoms with Crippen molar-refractivity contribution in [1.29, 1.82) is 0 Å². The maximum absolute atomic E-state index is 12.7. The lowest BCUT2D eigenvalue weighted by Gasteiger charge is -2.18. The first-order valence-corrected chi connectivity index (χ1v) is 22.4. The standard InChI is InChI=1S/C51H80O6/c1-4-7-10-13-16-19-22-24-25-26-27-30-32-35-38-41-44-50(53)56-47-48(46-55-49(52)43-40-37-34-31-28-21-18-15-12-9-6-3)57-51(54)45-42-39-36-33-29-23-20-17-14-11-8-5-2/h7-8,10-11,15-20,24-25,27,29-30,33,35,38,48H,4-6,9,12-14,21-23,26,28,31-32,34,36-37,39-47H2,1-3H3/b10-7-,11-8-,18-15-,19-16-,20-17-,25-24-,30-27-,33-29-,38-35-. The van der Waals surface area contributed by atoms with Gasteiger partial charge in [-0.2, -0.15) is 0 Å². The van der Waals surface area contributed by atoms with E-state index in [1.807, 2.05) is 12.2 Å². The molecule has 0 amide bonds. The largest absolute Gasteiger partial charge is 0.462 e. The van der Waals surface area contributed by atoms with Gasteiger partial charge in [0.2, 0.25) is 0 Å². The lowest BCUT2D eigenvalue weighted by atomic mass is 10.1. The molecule has 0 aromatic heterocycles. The predicted octanol–water partition coefficient (Wildman–Crippen LogP) is 14.4. The monoisotopic (exact) mass is 789 g/mol. The molecular formula is C51H80O6. The van der Waals surface area contributed by atoms with Crippen LogP contribution in [-0.2, 0) is 28.6 Å². The van der Waals surface area contributed by atoms with Crippen molar-refractivity contribution < 1.29 is 28.6 Å². The first-order chi connectivity index (χ1) is 28.0. The van der Waals surface area contributed by atoms with E-state index in [0.717, 1.165) is 96.3 Å². The van der Waals surface area contributed by atoms with Crippen LogP contribution in [0.1, 0.15) is 175 Å².